The monoisotopic (exact) mass is 308 g/mol. The molecule has 0 spiro atoms. The molecule has 0 amide bonds. The van der Waals surface area contributed by atoms with E-state index in [4.69, 9.17) is 10.5 Å². The molecule has 1 fully saturated rings. The van der Waals surface area contributed by atoms with Crippen molar-refractivity contribution in [2.75, 3.05) is 39.3 Å². The minimum absolute atomic E-state index is 0.242. The average molecular weight is 308 g/mol. The highest BCUT2D eigenvalue weighted by atomic mass is 32.1. The van der Waals surface area contributed by atoms with Crippen LogP contribution in [0.1, 0.15) is 17.4 Å². The first-order valence-corrected chi connectivity index (χ1v) is 8.54. The van der Waals surface area contributed by atoms with Crippen molar-refractivity contribution in [3.63, 3.8) is 0 Å². The predicted octanol–water partition coefficient (Wildman–Crippen LogP) is 1.14. The first kappa shape index (κ1) is 14.8. The van der Waals surface area contributed by atoms with Gasteiger partial charge >= 0.3 is 0 Å². The molecule has 3 heterocycles. The van der Waals surface area contributed by atoms with E-state index < -0.39 is 0 Å². The van der Waals surface area contributed by atoms with Gasteiger partial charge in [-0.05, 0) is 30.4 Å². The van der Waals surface area contributed by atoms with E-state index in [0.29, 0.717) is 5.96 Å². The summed E-state index contributed by atoms with van der Waals surface area (Å²) < 4.78 is 5.52. The van der Waals surface area contributed by atoms with Crippen LogP contribution in [0.2, 0.25) is 0 Å². The molecule has 2 aliphatic heterocycles. The number of guanidine groups is 1. The van der Waals surface area contributed by atoms with Crippen LogP contribution in [-0.2, 0) is 17.7 Å². The molecule has 0 radical (unpaired) electrons. The van der Waals surface area contributed by atoms with Gasteiger partial charge in [0.05, 0.1) is 19.3 Å². The largest absolute Gasteiger partial charge is 0.375 e. The van der Waals surface area contributed by atoms with E-state index in [1.165, 1.54) is 12.0 Å². The van der Waals surface area contributed by atoms with Crippen molar-refractivity contribution in [1.29, 1.82) is 0 Å². The smallest absolute Gasteiger partial charge is 0.191 e. The maximum absolute atomic E-state index is 6.09. The summed E-state index contributed by atoms with van der Waals surface area (Å²) in [7, 11) is 0. The lowest BCUT2D eigenvalue weighted by molar-refractivity contribution is 0.00528. The lowest BCUT2D eigenvalue weighted by Crippen LogP contribution is -2.48. The molecule has 2 aliphatic rings. The van der Waals surface area contributed by atoms with Crippen molar-refractivity contribution in [2.45, 2.75) is 26.0 Å². The normalized spacial score (nSPS) is 24.1. The van der Waals surface area contributed by atoms with Gasteiger partial charge in [-0.1, -0.05) is 0 Å². The molecule has 0 saturated carbocycles. The summed E-state index contributed by atoms with van der Waals surface area (Å²) in [6.07, 6.45) is 1.42. The number of nitrogens with zero attached hydrogens (tertiary/aromatic N) is 3. The number of rotatable bonds is 3. The molecule has 0 aromatic carbocycles. The molecule has 2 N–H and O–H groups in total. The second-order valence-corrected chi connectivity index (χ2v) is 6.76. The van der Waals surface area contributed by atoms with Gasteiger partial charge in [-0.3, -0.25) is 9.89 Å². The van der Waals surface area contributed by atoms with Crippen molar-refractivity contribution in [1.82, 2.24) is 9.80 Å². The fourth-order valence-corrected chi connectivity index (χ4v) is 3.82. The van der Waals surface area contributed by atoms with Gasteiger partial charge in [0.25, 0.3) is 0 Å². The first-order chi connectivity index (χ1) is 10.2. The Labute approximate surface area is 130 Å². The fraction of sp³-hybridized carbons (Fsp3) is 0.667. The lowest BCUT2D eigenvalue weighted by atomic mass is 10.1. The molecule has 1 atom stereocenters. The quantitative estimate of drug-likeness (QED) is 0.672. The zero-order valence-corrected chi connectivity index (χ0v) is 13.4. The zero-order valence-electron chi connectivity index (χ0n) is 12.6. The maximum Gasteiger partial charge on any atom is 0.191 e. The molecular weight excluding hydrogens is 284 g/mol. The summed E-state index contributed by atoms with van der Waals surface area (Å²) in [4.78, 5) is 10.7. The third-order valence-corrected chi connectivity index (χ3v) is 5.16. The molecule has 1 unspecified atom stereocenters. The van der Waals surface area contributed by atoms with Crippen LogP contribution in [0.3, 0.4) is 0 Å². The van der Waals surface area contributed by atoms with Crippen molar-refractivity contribution >= 4 is 17.3 Å². The van der Waals surface area contributed by atoms with Crippen LogP contribution in [0.25, 0.3) is 0 Å². The highest BCUT2D eigenvalue weighted by Crippen LogP contribution is 2.23. The molecule has 116 valence electrons. The third-order valence-electron chi connectivity index (χ3n) is 4.14. The Morgan fingerprint density at radius 1 is 1.52 bits per heavy atom. The van der Waals surface area contributed by atoms with Crippen molar-refractivity contribution in [3.8, 4) is 0 Å². The van der Waals surface area contributed by atoms with E-state index in [1.807, 2.05) is 11.3 Å². The van der Waals surface area contributed by atoms with Gasteiger partial charge in [-0.15, -0.1) is 11.3 Å². The minimum Gasteiger partial charge on any atom is -0.375 e. The Morgan fingerprint density at radius 3 is 3.29 bits per heavy atom. The number of ether oxygens (including phenoxy) is 1. The highest BCUT2D eigenvalue weighted by molar-refractivity contribution is 7.10. The third kappa shape index (κ3) is 3.75. The SMILES string of the molecule is CC1CN(C(N)=NCCN2CCc3sccc3C2)CCO1. The van der Waals surface area contributed by atoms with Crippen LogP contribution < -0.4 is 5.73 Å². The van der Waals surface area contributed by atoms with Crippen molar-refractivity contribution in [3.05, 3.63) is 21.9 Å². The van der Waals surface area contributed by atoms with Gasteiger partial charge in [0.1, 0.15) is 0 Å². The number of morpholine rings is 1. The Hall–Kier alpha value is -1.11. The second kappa shape index (κ2) is 6.77. The lowest BCUT2D eigenvalue weighted by Gasteiger charge is -2.32. The summed E-state index contributed by atoms with van der Waals surface area (Å²) in [6, 6.07) is 2.25. The molecular formula is C15H24N4OS. The topological polar surface area (TPSA) is 54.1 Å². The number of thiophene rings is 1. The van der Waals surface area contributed by atoms with Gasteiger partial charge in [0.15, 0.2) is 5.96 Å². The van der Waals surface area contributed by atoms with E-state index in [1.54, 1.807) is 4.88 Å². The van der Waals surface area contributed by atoms with Crippen LogP contribution in [0.4, 0.5) is 0 Å². The van der Waals surface area contributed by atoms with Crippen LogP contribution >= 0.6 is 11.3 Å². The van der Waals surface area contributed by atoms with Crippen molar-refractivity contribution < 1.29 is 4.74 Å². The predicted molar refractivity (Wildman–Crippen MR) is 86.8 cm³/mol. The number of nitrogens with two attached hydrogens (primary N) is 1. The molecule has 21 heavy (non-hydrogen) atoms. The molecule has 1 aromatic heterocycles. The number of fused-ring (bicyclic) bond motifs is 1. The molecule has 0 aliphatic carbocycles. The number of hydrogen-bond donors (Lipinski definition) is 1. The Balaban J connectivity index is 1.46. The van der Waals surface area contributed by atoms with Gasteiger partial charge in [-0.25, -0.2) is 0 Å². The van der Waals surface area contributed by atoms with Crippen LogP contribution in [0.15, 0.2) is 16.4 Å². The number of aliphatic imine (C=N–C) groups is 1. The zero-order chi connectivity index (χ0) is 14.7. The minimum atomic E-state index is 0.242. The van der Waals surface area contributed by atoms with Crippen LogP contribution in [0.5, 0.6) is 0 Å². The summed E-state index contributed by atoms with van der Waals surface area (Å²) >= 11 is 1.88. The Morgan fingerprint density at radius 2 is 2.43 bits per heavy atom. The second-order valence-electron chi connectivity index (χ2n) is 5.76. The van der Waals surface area contributed by atoms with Crippen molar-refractivity contribution in [2.24, 2.45) is 10.7 Å². The molecule has 1 saturated heterocycles. The van der Waals surface area contributed by atoms with Crippen LogP contribution in [-0.4, -0.2) is 61.2 Å². The Kier molecular flexibility index (Phi) is 4.77. The van der Waals surface area contributed by atoms with Gasteiger partial charge in [0.2, 0.25) is 0 Å². The Bertz CT molecular complexity index is 502. The van der Waals surface area contributed by atoms with E-state index in [0.717, 1.165) is 45.9 Å². The standard InChI is InChI=1S/C15H24N4OS/c1-12-10-19(7-8-20-12)15(16)17-4-6-18-5-2-14-13(11-18)3-9-21-14/h3,9,12H,2,4-8,10-11H2,1H3,(H2,16,17). The van der Waals surface area contributed by atoms with Gasteiger partial charge < -0.3 is 15.4 Å². The highest BCUT2D eigenvalue weighted by Gasteiger charge is 2.19. The molecule has 3 rings (SSSR count). The maximum atomic E-state index is 6.09. The molecule has 5 nitrogen and oxygen atoms in total. The summed E-state index contributed by atoms with van der Waals surface area (Å²) in [5.41, 5.74) is 7.58. The van der Waals surface area contributed by atoms with E-state index in [9.17, 15) is 0 Å². The summed E-state index contributed by atoms with van der Waals surface area (Å²) in [5.74, 6) is 0.665. The summed E-state index contributed by atoms with van der Waals surface area (Å²) in [5, 5.41) is 2.20. The molecule has 1 aromatic rings. The molecule has 6 heteroatoms. The average Bonchev–Trinajstić information content (AvgIpc) is 2.94. The summed E-state index contributed by atoms with van der Waals surface area (Å²) in [6.45, 7) is 8.46. The fourth-order valence-electron chi connectivity index (χ4n) is 2.93. The molecule has 0 bridgehead atoms. The van der Waals surface area contributed by atoms with Crippen LogP contribution in [0, 0.1) is 0 Å². The van der Waals surface area contributed by atoms with Gasteiger partial charge in [0, 0.05) is 37.6 Å². The van der Waals surface area contributed by atoms with Gasteiger partial charge in [-0.2, -0.15) is 0 Å². The van der Waals surface area contributed by atoms with E-state index in [2.05, 4.69) is 33.2 Å². The number of hydrogen-bond acceptors (Lipinski definition) is 4. The first-order valence-electron chi connectivity index (χ1n) is 7.66. The van der Waals surface area contributed by atoms with E-state index in [-0.39, 0.29) is 6.10 Å². The van der Waals surface area contributed by atoms with E-state index >= 15 is 0 Å².